The summed E-state index contributed by atoms with van der Waals surface area (Å²) in [6.45, 7) is 2.23. The van der Waals surface area contributed by atoms with Gasteiger partial charge >= 0.3 is 0 Å². The van der Waals surface area contributed by atoms with Crippen LogP contribution in [0.4, 0.5) is 5.69 Å². The quantitative estimate of drug-likeness (QED) is 0.845. The van der Waals surface area contributed by atoms with Crippen LogP contribution in [0.25, 0.3) is 0 Å². The molecular weight excluding hydrogens is 212 g/mol. The molecule has 1 aliphatic carbocycles. The van der Waals surface area contributed by atoms with E-state index in [4.69, 9.17) is 5.73 Å². The van der Waals surface area contributed by atoms with Crippen molar-refractivity contribution in [1.29, 1.82) is 0 Å². The topological polar surface area (TPSA) is 59.1 Å². The molecule has 1 saturated carbocycles. The number of nitrogens with two attached hydrogens (primary N) is 1. The molecule has 0 unspecified atom stereocenters. The highest BCUT2D eigenvalue weighted by Crippen LogP contribution is 2.36. The molecule has 1 aromatic heterocycles. The number of aromatic nitrogens is 1. The van der Waals surface area contributed by atoms with E-state index in [1.807, 2.05) is 0 Å². The Kier molecular flexibility index (Phi) is 3.67. The number of rotatable bonds is 3. The van der Waals surface area contributed by atoms with E-state index in [1.165, 1.54) is 6.42 Å². The maximum Gasteiger partial charge on any atom is 0.0689 e. The first-order chi connectivity index (χ1) is 8.13. The monoisotopic (exact) mass is 234 g/mol. The molecule has 94 valence electrons. The van der Waals surface area contributed by atoms with Crippen LogP contribution in [-0.4, -0.2) is 15.7 Å². The van der Waals surface area contributed by atoms with Crippen LogP contribution in [0.15, 0.2) is 18.5 Å². The molecule has 1 fully saturated rings. The molecule has 3 nitrogen and oxygen atoms in total. The van der Waals surface area contributed by atoms with E-state index in [1.54, 1.807) is 18.5 Å². The Morgan fingerprint density at radius 1 is 1.47 bits per heavy atom. The fourth-order valence-electron chi connectivity index (χ4n) is 2.74. The smallest absolute Gasteiger partial charge is 0.0689 e. The predicted octanol–water partition coefficient (Wildman–Crippen LogP) is 2.54. The van der Waals surface area contributed by atoms with E-state index in [9.17, 15) is 5.11 Å². The normalized spacial score (nSPS) is 29.2. The number of anilines is 1. The van der Waals surface area contributed by atoms with E-state index in [-0.39, 0.29) is 0 Å². The molecule has 0 atom stereocenters. The zero-order valence-electron chi connectivity index (χ0n) is 10.5. The van der Waals surface area contributed by atoms with E-state index < -0.39 is 5.60 Å². The van der Waals surface area contributed by atoms with Crippen LogP contribution in [0.3, 0.4) is 0 Å². The lowest BCUT2D eigenvalue weighted by atomic mass is 9.75. The number of nitrogens with zero attached hydrogens (tertiary/aromatic N) is 1. The molecule has 17 heavy (non-hydrogen) atoms. The molecule has 1 heterocycles. The Labute approximate surface area is 103 Å². The van der Waals surface area contributed by atoms with Crippen molar-refractivity contribution in [2.45, 2.75) is 51.0 Å². The van der Waals surface area contributed by atoms with Crippen molar-refractivity contribution >= 4 is 5.69 Å². The summed E-state index contributed by atoms with van der Waals surface area (Å²) in [5, 5.41) is 10.6. The van der Waals surface area contributed by atoms with Gasteiger partial charge in [-0.15, -0.1) is 0 Å². The van der Waals surface area contributed by atoms with Crippen LogP contribution >= 0.6 is 0 Å². The molecular formula is C14H22N2O. The Morgan fingerprint density at radius 2 is 2.18 bits per heavy atom. The fourth-order valence-corrected chi connectivity index (χ4v) is 2.74. The van der Waals surface area contributed by atoms with Crippen molar-refractivity contribution < 1.29 is 5.11 Å². The van der Waals surface area contributed by atoms with Gasteiger partial charge in [-0.3, -0.25) is 4.98 Å². The number of hydrogen-bond donors (Lipinski definition) is 2. The second-order valence-electron chi connectivity index (χ2n) is 5.33. The lowest BCUT2D eigenvalue weighted by Crippen LogP contribution is -2.36. The van der Waals surface area contributed by atoms with Crippen LogP contribution in [-0.2, 0) is 6.42 Å². The lowest BCUT2D eigenvalue weighted by Gasteiger charge is -2.36. The van der Waals surface area contributed by atoms with Gasteiger partial charge < -0.3 is 10.8 Å². The number of hydrogen-bond acceptors (Lipinski definition) is 3. The molecule has 0 aromatic carbocycles. The van der Waals surface area contributed by atoms with Crippen LogP contribution in [0.2, 0.25) is 0 Å². The Morgan fingerprint density at radius 3 is 2.76 bits per heavy atom. The first-order valence-electron chi connectivity index (χ1n) is 6.54. The second kappa shape index (κ2) is 5.05. The molecule has 3 N–H and O–H groups in total. The maximum atomic E-state index is 10.6. The van der Waals surface area contributed by atoms with Gasteiger partial charge in [0.05, 0.1) is 5.60 Å². The third-order valence-electron chi connectivity index (χ3n) is 4.07. The lowest BCUT2D eigenvalue weighted by molar-refractivity contribution is -0.00915. The van der Waals surface area contributed by atoms with Crippen molar-refractivity contribution in [3.63, 3.8) is 0 Å². The number of aliphatic hydroxyl groups is 1. The molecule has 2 rings (SSSR count). The van der Waals surface area contributed by atoms with Gasteiger partial charge in [-0.05, 0) is 43.2 Å². The summed E-state index contributed by atoms with van der Waals surface area (Å²) in [5.74, 6) is 0.793. The van der Waals surface area contributed by atoms with Crippen molar-refractivity contribution in [3.8, 4) is 0 Å². The van der Waals surface area contributed by atoms with Crippen LogP contribution < -0.4 is 5.73 Å². The minimum absolute atomic E-state index is 0.567. The minimum Gasteiger partial charge on any atom is -0.398 e. The second-order valence-corrected chi connectivity index (χ2v) is 5.33. The summed E-state index contributed by atoms with van der Waals surface area (Å²) in [6, 6.07) is 1.80. The van der Waals surface area contributed by atoms with Gasteiger partial charge in [0.2, 0.25) is 0 Å². The highest BCUT2D eigenvalue weighted by atomic mass is 16.3. The summed E-state index contributed by atoms with van der Waals surface area (Å²) in [7, 11) is 0. The van der Waals surface area contributed by atoms with Gasteiger partial charge in [-0.1, -0.05) is 13.3 Å². The van der Waals surface area contributed by atoms with Gasteiger partial charge in [0.25, 0.3) is 0 Å². The molecule has 1 aromatic rings. The molecule has 0 radical (unpaired) electrons. The van der Waals surface area contributed by atoms with Gasteiger partial charge in [-0.2, -0.15) is 0 Å². The highest BCUT2D eigenvalue weighted by molar-refractivity contribution is 5.45. The van der Waals surface area contributed by atoms with E-state index in [0.717, 1.165) is 42.9 Å². The predicted molar refractivity (Wildman–Crippen MR) is 69.6 cm³/mol. The van der Waals surface area contributed by atoms with Gasteiger partial charge in [0.15, 0.2) is 0 Å². The average molecular weight is 234 g/mol. The summed E-state index contributed by atoms with van der Waals surface area (Å²) >= 11 is 0. The summed E-state index contributed by atoms with van der Waals surface area (Å²) < 4.78 is 0. The van der Waals surface area contributed by atoms with E-state index >= 15 is 0 Å². The summed E-state index contributed by atoms with van der Waals surface area (Å²) in [5.41, 5.74) is 7.05. The Bertz CT molecular complexity index is 370. The largest absolute Gasteiger partial charge is 0.398 e. The van der Waals surface area contributed by atoms with Crippen LogP contribution in [0, 0.1) is 5.92 Å². The molecule has 0 bridgehead atoms. The molecule has 0 saturated heterocycles. The zero-order valence-corrected chi connectivity index (χ0v) is 10.5. The standard InChI is InChI=1S/C14H22N2O/c1-2-11-3-6-14(17,7-4-11)9-12-10-16-8-5-13(12)15/h5,8,10-11,17H,2-4,6-7,9H2,1H3,(H2,15,16). The van der Waals surface area contributed by atoms with Crippen molar-refractivity contribution in [2.24, 2.45) is 5.92 Å². The zero-order chi connectivity index (χ0) is 12.3. The van der Waals surface area contributed by atoms with Gasteiger partial charge in [0, 0.05) is 24.5 Å². The number of pyridine rings is 1. The third-order valence-corrected chi connectivity index (χ3v) is 4.07. The summed E-state index contributed by atoms with van der Waals surface area (Å²) in [6.07, 6.45) is 9.38. The fraction of sp³-hybridized carbons (Fsp3) is 0.643. The molecule has 0 amide bonds. The molecule has 0 spiro atoms. The number of nitrogen functional groups attached to an aromatic ring is 1. The molecule has 3 heteroatoms. The minimum atomic E-state index is -0.567. The summed E-state index contributed by atoms with van der Waals surface area (Å²) in [4.78, 5) is 4.08. The van der Waals surface area contributed by atoms with Gasteiger partial charge in [0.1, 0.15) is 0 Å². The van der Waals surface area contributed by atoms with Crippen molar-refractivity contribution in [1.82, 2.24) is 4.98 Å². The Balaban J connectivity index is 2.01. The SMILES string of the molecule is CCC1CCC(O)(Cc2cnccc2N)CC1. The highest BCUT2D eigenvalue weighted by Gasteiger charge is 2.33. The first kappa shape index (κ1) is 12.4. The van der Waals surface area contributed by atoms with Crippen LogP contribution in [0.5, 0.6) is 0 Å². The van der Waals surface area contributed by atoms with Crippen molar-refractivity contribution in [2.75, 3.05) is 5.73 Å². The molecule has 0 aliphatic heterocycles. The van der Waals surface area contributed by atoms with Crippen LogP contribution in [0.1, 0.15) is 44.6 Å². The third kappa shape index (κ3) is 2.97. The van der Waals surface area contributed by atoms with E-state index in [0.29, 0.717) is 6.42 Å². The average Bonchev–Trinajstić information content (AvgIpc) is 2.33. The maximum absolute atomic E-state index is 10.6. The first-order valence-corrected chi connectivity index (χ1v) is 6.54. The molecule has 1 aliphatic rings. The van der Waals surface area contributed by atoms with Crippen molar-refractivity contribution in [3.05, 3.63) is 24.0 Å². The Hall–Kier alpha value is -1.09. The van der Waals surface area contributed by atoms with E-state index in [2.05, 4.69) is 11.9 Å². The van der Waals surface area contributed by atoms with Gasteiger partial charge in [-0.25, -0.2) is 0 Å².